The van der Waals surface area contributed by atoms with Gasteiger partial charge in [-0.1, -0.05) is 22.0 Å². The van der Waals surface area contributed by atoms with Gasteiger partial charge in [-0.15, -0.1) is 0 Å². The molecule has 15 heavy (non-hydrogen) atoms. The molecule has 1 aromatic carbocycles. The predicted molar refractivity (Wildman–Crippen MR) is 66.0 cm³/mol. The van der Waals surface area contributed by atoms with Crippen LogP contribution in [0.25, 0.3) is 0 Å². The average Bonchev–Trinajstić information content (AvgIpc) is 2.96. The van der Waals surface area contributed by atoms with Crippen molar-refractivity contribution in [1.29, 1.82) is 0 Å². The van der Waals surface area contributed by atoms with Gasteiger partial charge in [0.15, 0.2) is 0 Å². The molecule has 0 radical (unpaired) electrons. The molecule has 0 aromatic heterocycles. The first-order chi connectivity index (χ1) is 7.19. The van der Waals surface area contributed by atoms with Gasteiger partial charge in [0.1, 0.15) is 0 Å². The number of benzene rings is 1. The molecular formula is C13H16BrN. The van der Waals surface area contributed by atoms with E-state index < -0.39 is 0 Å². The van der Waals surface area contributed by atoms with Crippen LogP contribution >= 0.6 is 15.9 Å². The molecule has 1 nitrogen and oxygen atoms in total. The van der Waals surface area contributed by atoms with E-state index in [0.29, 0.717) is 5.92 Å². The van der Waals surface area contributed by atoms with Crippen molar-refractivity contribution in [2.24, 2.45) is 5.73 Å². The van der Waals surface area contributed by atoms with E-state index in [0.717, 1.165) is 0 Å². The lowest BCUT2D eigenvalue weighted by Gasteiger charge is -2.30. The number of nitrogens with two attached hydrogens (primary N) is 1. The minimum Gasteiger partial charge on any atom is -0.325 e. The Kier molecular flexibility index (Phi) is 2.18. The van der Waals surface area contributed by atoms with Gasteiger partial charge in [-0.25, -0.2) is 0 Å². The summed E-state index contributed by atoms with van der Waals surface area (Å²) in [5.74, 6) is 0.620. The predicted octanol–water partition coefficient (Wildman–Crippen LogP) is 3.36. The standard InChI is InChI=1S/C13H16BrN/c14-10-4-5-11-9(8-10)2-1-3-12(11)13(15)6-7-13/h4-5,8,12H,1-3,6-7,15H2. The van der Waals surface area contributed by atoms with Gasteiger partial charge in [-0.2, -0.15) is 0 Å². The van der Waals surface area contributed by atoms with Crippen LogP contribution in [0.15, 0.2) is 22.7 Å². The van der Waals surface area contributed by atoms with Crippen LogP contribution in [0.3, 0.4) is 0 Å². The van der Waals surface area contributed by atoms with E-state index in [4.69, 9.17) is 5.73 Å². The van der Waals surface area contributed by atoms with Crippen molar-refractivity contribution < 1.29 is 0 Å². The second-order valence-electron chi connectivity index (χ2n) is 5.02. The summed E-state index contributed by atoms with van der Waals surface area (Å²) < 4.78 is 1.20. The van der Waals surface area contributed by atoms with Crippen LogP contribution in [0.1, 0.15) is 42.7 Å². The summed E-state index contributed by atoms with van der Waals surface area (Å²) in [6.45, 7) is 0. The molecule has 0 spiro atoms. The highest BCUT2D eigenvalue weighted by Crippen LogP contribution is 2.50. The fourth-order valence-electron chi connectivity index (χ4n) is 2.87. The Balaban J connectivity index is 2.03. The quantitative estimate of drug-likeness (QED) is 0.828. The topological polar surface area (TPSA) is 26.0 Å². The largest absolute Gasteiger partial charge is 0.325 e. The van der Waals surface area contributed by atoms with E-state index in [9.17, 15) is 0 Å². The van der Waals surface area contributed by atoms with Crippen molar-refractivity contribution in [2.75, 3.05) is 0 Å². The first-order valence-corrected chi connectivity index (χ1v) is 6.55. The minimum absolute atomic E-state index is 0.142. The van der Waals surface area contributed by atoms with Gasteiger partial charge in [0.25, 0.3) is 0 Å². The van der Waals surface area contributed by atoms with Crippen LogP contribution in [0.4, 0.5) is 0 Å². The Hall–Kier alpha value is -0.340. The summed E-state index contributed by atoms with van der Waals surface area (Å²) in [7, 11) is 0. The average molecular weight is 266 g/mol. The monoisotopic (exact) mass is 265 g/mol. The summed E-state index contributed by atoms with van der Waals surface area (Å²) in [6.07, 6.45) is 6.24. The summed E-state index contributed by atoms with van der Waals surface area (Å²) in [6, 6.07) is 6.70. The van der Waals surface area contributed by atoms with Crippen molar-refractivity contribution >= 4 is 15.9 Å². The normalized spacial score (nSPS) is 27.2. The summed E-state index contributed by atoms with van der Waals surface area (Å²) in [5, 5.41) is 0. The maximum atomic E-state index is 6.36. The first-order valence-electron chi connectivity index (χ1n) is 5.76. The van der Waals surface area contributed by atoms with Gasteiger partial charge in [-0.3, -0.25) is 0 Å². The molecule has 2 aliphatic rings. The van der Waals surface area contributed by atoms with Gasteiger partial charge >= 0.3 is 0 Å². The lowest BCUT2D eigenvalue weighted by atomic mass is 9.78. The van der Waals surface area contributed by atoms with E-state index in [1.54, 1.807) is 0 Å². The van der Waals surface area contributed by atoms with Crippen molar-refractivity contribution in [3.8, 4) is 0 Å². The maximum Gasteiger partial charge on any atom is 0.0225 e. The second kappa shape index (κ2) is 3.33. The molecule has 2 heteroatoms. The van der Waals surface area contributed by atoms with E-state index in [1.807, 2.05) is 0 Å². The Morgan fingerprint density at radius 2 is 2.13 bits per heavy atom. The molecule has 0 aliphatic heterocycles. The van der Waals surface area contributed by atoms with Crippen molar-refractivity contribution in [3.63, 3.8) is 0 Å². The molecule has 0 saturated heterocycles. The molecule has 1 unspecified atom stereocenters. The Morgan fingerprint density at radius 3 is 2.87 bits per heavy atom. The number of halogens is 1. The molecule has 1 atom stereocenters. The van der Waals surface area contributed by atoms with Crippen LogP contribution in [0.2, 0.25) is 0 Å². The third kappa shape index (κ3) is 1.64. The molecule has 1 aromatic rings. The van der Waals surface area contributed by atoms with Gasteiger partial charge in [0.2, 0.25) is 0 Å². The summed E-state index contributed by atoms with van der Waals surface area (Å²) in [5.41, 5.74) is 9.53. The minimum atomic E-state index is 0.142. The summed E-state index contributed by atoms with van der Waals surface area (Å²) in [4.78, 5) is 0. The molecule has 1 fully saturated rings. The Morgan fingerprint density at radius 1 is 1.33 bits per heavy atom. The molecule has 0 bridgehead atoms. The number of hydrogen-bond acceptors (Lipinski definition) is 1. The van der Waals surface area contributed by atoms with Crippen LogP contribution in [-0.4, -0.2) is 5.54 Å². The van der Waals surface area contributed by atoms with Gasteiger partial charge < -0.3 is 5.73 Å². The lowest BCUT2D eigenvalue weighted by molar-refractivity contribution is 0.449. The van der Waals surface area contributed by atoms with Crippen LogP contribution < -0.4 is 5.73 Å². The van der Waals surface area contributed by atoms with Crippen molar-refractivity contribution in [1.82, 2.24) is 0 Å². The number of hydrogen-bond donors (Lipinski definition) is 1. The van der Waals surface area contributed by atoms with Gasteiger partial charge in [0.05, 0.1) is 0 Å². The zero-order chi connectivity index (χ0) is 10.5. The third-order valence-corrected chi connectivity index (χ3v) is 4.43. The summed E-state index contributed by atoms with van der Waals surface area (Å²) >= 11 is 3.55. The van der Waals surface area contributed by atoms with E-state index >= 15 is 0 Å². The van der Waals surface area contributed by atoms with Crippen molar-refractivity contribution in [2.45, 2.75) is 43.6 Å². The fourth-order valence-corrected chi connectivity index (χ4v) is 3.28. The van der Waals surface area contributed by atoms with Gasteiger partial charge in [0, 0.05) is 15.9 Å². The molecule has 3 rings (SSSR count). The number of fused-ring (bicyclic) bond motifs is 1. The molecule has 1 saturated carbocycles. The lowest BCUT2D eigenvalue weighted by Crippen LogP contribution is -2.32. The highest BCUT2D eigenvalue weighted by molar-refractivity contribution is 9.10. The fraction of sp³-hybridized carbons (Fsp3) is 0.538. The molecule has 0 heterocycles. The van der Waals surface area contributed by atoms with E-state index in [-0.39, 0.29) is 5.54 Å². The highest BCUT2D eigenvalue weighted by atomic mass is 79.9. The Labute approximate surface area is 99.2 Å². The molecule has 80 valence electrons. The molecule has 2 N–H and O–H groups in total. The van der Waals surface area contributed by atoms with Crippen LogP contribution in [0, 0.1) is 0 Å². The first kappa shape index (κ1) is 9.86. The zero-order valence-corrected chi connectivity index (χ0v) is 10.4. The smallest absolute Gasteiger partial charge is 0.0225 e. The molecule has 0 amide bonds. The van der Waals surface area contributed by atoms with Crippen molar-refractivity contribution in [3.05, 3.63) is 33.8 Å². The molecular weight excluding hydrogens is 250 g/mol. The number of rotatable bonds is 1. The molecule has 2 aliphatic carbocycles. The second-order valence-corrected chi connectivity index (χ2v) is 5.94. The third-order valence-electron chi connectivity index (χ3n) is 3.94. The zero-order valence-electron chi connectivity index (χ0n) is 8.80. The Bertz CT molecular complexity index is 396. The van der Waals surface area contributed by atoms with Crippen LogP contribution in [-0.2, 0) is 6.42 Å². The SMILES string of the molecule is NC1(C2CCCc3cc(Br)ccc32)CC1. The van der Waals surface area contributed by atoms with Crippen LogP contribution in [0.5, 0.6) is 0 Å². The highest BCUT2D eigenvalue weighted by Gasteiger charge is 2.47. The number of aryl methyl sites for hydroxylation is 1. The maximum absolute atomic E-state index is 6.36. The van der Waals surface area contributed by atoms with Gasteiger partial charge in [-0.05, 0) is 55.4 Å². The van der Waals surface area contributed by atoms with E-state index in [2.05, 4.69) is 34.1 Å². The van der Waals surface area contributed by atoms with E-state index in [1.165, 1.54) is 47.7 Å².